The highest BCUT2D eigenvalue weighted by Gasteiger charge is 2.10. The molecule has 1 unspecified atom stereocenters. The molecule has 0 amide bonds. The average molecular weight is 359 g/mol. The summed E-state index contributed by atoms with van der Waals surface area (Å²) in [4.78, 5) is 11.9. The van der Waals surface area contributed by atoms with Crippen LogP contribution in [-0.2, 0) is 4.79 Å². The van der Waals surface area contributed by atoms with Crippen LogP contribution < -0.4 is 0 Å². The number of hydrogen-bond donors (Lipinski definition) is 1. The molecule has 0 spiro atoms. The smallest absolute Gasteiger partial charge is 0.135 e. The van der Waals surface area contributed by atoms with E-state index >= 15 is 0 Å². The monoisotopic (exact) mass is 358 g/mol. The first-order valence-corrected chi connectivity index (χ1v) is 11.6. The molecule has 0 rings (SSSR count). The third-order valence-electron chi connectivity index (χ3n) is 4.47. The standard InChI is InChI=1S/C21H42O2S/c1-3-5-7-9-11-12-14-16-20(22)18-21(23)19-24-17-15-13-10-8-6-4-2/h21,23H,3-19H2,1-2H3. The minimum absolute atomic E-state index is 0.247. The summed E-state index contributed by atoms with van der Waals surface area (Å²) in [5, 5.41) is 9.95. The van der Waals surface area contributed by atoms with E-state index < -0.39 is 6.10 Å². The van der Waals surface area contributed by atoms with Crippen molar-refractivity contribution < 1.29 is 9.90 Å². The molecule has 0 aromatic heterocycles. The summed E-state index contributed by atoms with van der Waals surface area (Å²) < 4.78 is 0. The lowest BCUT2D eigenvalue weighted by Crippen LogP contribution is -2.16. The van der Waals surface area contributed by atoms with Crippen LogP contribution in [0.5, 0.6) is 0 Å². The molecule has 0 fully saturated rings. The van der Waals surface area contributed by atoms with E-state index in [0.717, 1.165) is 17.9 Å². The van der Waals surface area contributed by atoms with Crippen LogP contribution in [0.4, 0.5) is 0 Å². The molecule has 0 aromatic carbocycles. The van der Waals surface area contributed by atoms with Crippen LogP contribution in [0.2, 0.25) is 0 Å². The van der Waals surface area contributed by atoms with E-state index in [1.165, 1.54) is 77.0 Å². The van der Waals surface area contributed by atoms with Crippen LogP contribution in [0.15, 0.2) is 0 Å². The number of carbonyl (C=O) groups is 1. The van der Waals surface area contributed by atoms with Crippen LogP contribution in [0.1, 0.15) is 110 Å². The van der Waals surface area contributed by atoms with E-state index in [1.807, 2.05) is 0 Å². The van der Waals surface area contributed by atoms with Crippen molar-refractivity contribution in [1.82, 2.24) is 0 Å². The van der Waals surface area contributed by atoms with Gasteiger partial charge >= 0.3 is 0 Å². The van der Waals surface area contributed by atoms with Gasteiger partial charge in [0.2, 0.25) is 0 Å². The van der Waals surface area contributed by atoms with Crippen LogP contribution in [0.25, 0.3) is 0 Å². The number of thioether (sulfide) groups is 1. The molecule has 0 radical (unpaired) electrons. The second-order valence-corrected chi connectivity index (χ2v) is 8.26. The van der Waals surface area contributed by atoms with Crippen LogP contribution in [-0.4, -0.2) is 28.5 Å². The first-order chi connectivity index (χ1) is 11.7. The van der Waals surface area contributed by atoms with E-state index in [4.69, 9.17) is 0 Å². The van der Waals surface area contributed by atoms with Crippen LogP contribution in [0.3, 0.4) is 0 Å². The SMILES string of the molecule is CCCCCCCCCC(=O)CC(O)CSCCCCCCCC. The predicted molar refractivity (Wildman–Crippen MR) is 109 cm³/mol. The number of Topliss-reactive ketones (excluding diaryl/α,β-unsaturated/α-hetero) is 1. The second kappa shape index (κ2) is 19.3. The van der Waals surface area contributed by atoms with E-state index in [9.17, 15) is 9.90 Å². The Labute approximate surface area is 155 Å². The summed E-state index contributed by atoms with van der Waals surface area (Å²) >= 11 is 1.80. The molecular formula is C21H42O2S. The van der Waals surface area contributed by atoms with E-state index in [0.29, 0.717) is 12.8 Å². The average Bonchev–Trinajstić information content (AvgIpc) is 2.56. The molecule has 144 valence electrons. The maximum Gasteiger partial charge on any atom is 0.135 e. The van der Waals surface area contributed by atoms with Gasteiger partial charge in [-0.1, -0.05) is 84.5 Å². The highest BCUT2D eigenvalue weighted by Crippen LogP contribution is 2.13. The first kappa shape index (κ1) is 24.0. The zero-order chi connectivity index (χ0) is 17.9. The third kappa shape index (κ3) is 18.3. The first-order valence-electron chi connectivity index (χ1n) is 10.5. The zero-order valence-corrected chi connectivity index (χ0v) is 17.2. The summed E-state index contributed by atoms with van der Waals surface area (Å²) in [5.41, 5.74) is 0. The van der Waals surface area contributed by atoms with Gasteiger partial charge in [-0.3, -0.25) is 4.79 Å². The van der Waals surface area contributed by atoms with Gasteiger partial charge in [0.25, 0.3) is 0 Å². The van der Waals surface area contributed by atoms with Crippen molar-refractivity contribution in [2.24, 2.45) is 0 Å². The summed E-state index contributed by atoms with van der Waals surface area (Å²) in [5.74, 6) is 2.09. The number of rotatable bonds is 19. The lowest BCUT2D eigenvalue weighted by Gasteiger charge is -2.09. The van der Waals surface area contributed by atoms with Gasteiger partial charge < -0.3 is 5.11 Å². The lowest BCUT2D eigenvalue weighted by atomic mass is 10.0. The Balaban J connectivity index is 3.33. The highest BCUT2D eigenvalue weighted by molar-refractivity contribution is 7.99. The van der Waals surface area contributed by atoms with E-state index in [-0.39, 0.29) is 5.78 Å². The Morgan fingerprint density at radius 1 is 0.792 bits per heavy atom. The summed E-state index contributed by atoms with van der Waals surface area (Å²) in [7, 11) is 0. The largest absolute Gasteiger partial charge is 0.392 e. The second-order valence-electron chi connectivity index (χ2n) is 7.11. The number of unbranched alkanes of at least 4 members (excludes halogenated alkanes) is 11. The van der Waals surface area contributed by atoms with Crippen LogP contribution in [0, 0.1) is 0 Å². The van der Waals surface area contributed by atoms with Crippen molar-refractivity contribution in [2.45, 2.75) is 116 Å². The highest BCUT2D eigenvalue weighted by atomic mass is 32.2. The molecule has 24 heavy (non-hydrogen) atoms. The van der Waals surface area contributed by atoms with Crippen molar-refractivity contribution in [1.29, 1.82) is 0 Å². The van der Waals surface area contributed by atoms with Gasteiger partial charge in [0, 0.05) is 18.6 Å². The number of aliphatic hydroxyl groups is 1. The molecule has 0 bridgehead atoms. The van der Waals surface area contributed by atoms with Crippen LogP contribution >= 0.6 is 11.8 Å². The van der Waals surface area contributed by atoms with Crippen molar-refractivity contribution in [3.05, 3.63) is 0 Å². The van der Waals surface area contributed by atoms with Crippen molar-refractivity contribution in [2.75, 3.05) is 11.5 Å². The maximum atomic E-state index is 11.9. The van der Waals surface area contributed by atoms with Crippen molar-refractivity contribution in [3.8, 4) is 0 Å². The van der Waals surface area contributed by atoms with Gasteiger partial charge in [-0.25, -0.2) is 0 Å². The molecule has 0 saturated carbocycles. The Hall–Kier alpha value is -0.0200. The topological polar surface area (TPSA) is 37.3 Å². The summed E-state index contributed by atoms with van der Waals surface area (Å²) in [6.07, 6.45) is 17.2. The van der Waals surface area contributed by atoms with Gasteiger partial charge in [-0.05, 0) is 18.6 Å². The quantitative estimate of drug-likeness (QED) is 0.266. The maximum absolute atomic E-state index is 11.9. The minimum Gasteiger partial charge on any atom is -0.392 e. The molecule has 2 nitrogen and oxygen atoms in total. The molecule has 0 aliphatic carbocycles. The molecule has 0 saturated heterocycles. The summed E-state index contributed by atoms with van der Waals surface area (Å²) in [6, 6.07) is 0. The van der Waals surface area contributed by atoms with Gasteiger partial charge in [0.1, 0.15) is 5.78 Å². The number of ketones is 1. The van der Waals surface area contributed by atoms with Gasteiger partial charge in [0.15, 0.2) is 0 Å². The van der Waals surface area contributed by atoms with E-state index in [2.05, 4.69) is 13.8 Å². The fraction of sp³-hybridized carbons (Fsp3) is 0.952. The Kier molecular flexibility index (Phi) is 19.3. The molecule has 1 N–H and O–H groups in total. The number of hydrogen-bond acceptors (Lipinski definition) is 3. The predicted octanol–water partition coefficient (Wildman–Crippen LogP) is 6.54. The molecule has 1 atom stereocenters. The Morgan fingerprint density at radius 3 is 1.88 bits per heavy atom. The minimum atomic E-state index is -0.438. The zero-order valence-electron chi connectivity index (χ0n) is 16.4. The van der Waals surface area contributed by atoms with Gasteiger partial charge in [-0.15, -0.1) is 0 Å². The Bertz CT molecular complexity index is 269. The fourth-order valence-corrected chi connectivity index (χ4v) is 3.87. The molecule has 0 aliphatic rings. The van der Waals surface area contributed by atoms with Gasteiger partial charge in [0.05, 0.1) is 6.10 Å². The molecule has 0 aliphatic heterocycles. The van der Waals surface area contributed by atoms with Crippen molar-refractivity contribution in [3.63, 3.8) is 0 Å². The molecular weight excluding hydrogens is 316 g/mol. The third-order valence-corrected chi connectivity index (χ3v) is 5.67. The fourth-order valence-electron chi connectivity index (χ4n) is 2.91. The van der Waals surface area contributed by atoms with Gasteiger partial charge in [-0.2, -0.15) is 11.8 Å². The lowest BCUT2D eigenvalue weighted by molar-refractivity contribution is -0.120. The van der Waals surface area contributed by atoms with Crippen molar-refractivity contribution >= 4 is 17.5 Å². The molecule has 0 aromatic rings. The molecule has 0 heterocycles. The Morgan fingerprint density at radius 2 is 1.29 bits per heavy atom. The number of carbonyl (C=O) groups excluding carboxylic acids is 1. The number of aliphatic hydroxyl groups excluding tert-OH is 1. The molecule has 3 heteroatoms. The normalized spacial score (nSPS) is 12.5. The summed E-state index contributed by atoms with van der Waals surface area (Å²) in [6.45, 7) is 4.47. The van der Waals surface area contributed by atoms with E-state index in [1.54, 1.807) is 11.8 Å².